The van der Waals surface area contributed by atoms with E-state index in [1.54, 1.807) is 0 Å². The average Bonchev–Trinajstić information content (AvgIpc) is 2.54. The fourth-order valence-corrected chi connectivity index (χ4v) is 2.90. The molecule has 1 fully saturated rings. The standard InChI is InChI=1S/C18H17F2NO3/c1-11-9-21(10-16(24-11)12-5-3-2-4-6-12)18(23)17-14(20)7-13(19)8-15(17)22/h2-8,11,16,22H,9-10H2,1H3. The Labute approximate surface area is 138 Å². The van der Waals surface area contributed by atoms with Gasteiger partial charge < -0.3 is 14.7 Å². The van der Waals surface area contributed by atoms with Crippen LogP contribution in [0.3, 0.4) is 0 Å². The van der Waals surface area contributed by atoms with Crippen LogP contribution >= 0.6 is 0 Å². The van der Waals surface area contributed by atoms with Crippen LogP contribution in [0.5, 0.6) is 5.75 Å². The molecule has 0 radical (unpaired) electrons. The molecule has 0 spiro atoms. The number of aromatic hydroxyl groups is 1. The summed E-state index contributed by atoms with van der Waals surface area (Å²) in [4.78, 5) is 14.0. The van der Waals surface area contributed by atoms with E-state index in [0.717, 1.165) is 11.6 Å². The lowest BCUT2D eigenvalue weighted by Crippen LogP contribution is -2.46. The molecular weight excluding hydrogens is 316 g/mol. The van der Waals surface area contributed by atoms with Gasteiger partial charge in [-0.05, 0) is 12.5 Å². The number of carbonyl (C=O) groups excluding carboxylic acids is 1. The van der Waals surface area contributed by atoms with Crippen molar-refractivity contribution in [3.63, 3.8) is 0 Å². The van der Waals surface area contributed by atoms with E-state index < -0.39 is 28.9 Å². The topological polar surface area (TPSA) is 49.8 Å². The van der Waals surface area contributed by atoms with Gasteiger partial charge in [-0.15, -0.1) is 0 Å². The summed E-state index contributed by atoms with van der Waals surface area (Å²) in [5, 5.41) is 9.76. The normalized spacial score (nSPS) is 20.9. The molecule has 2 aromatic carbocycles. The van der Waals surface area contributed by atoms with Crippen molar-refractivity contribution in [2.75, 3.05) is 13.1 Å². The van der Waals surface area contributed by atoms with Crippen LogP contribution in [0.2, 0.25) is 0 Å². The van der Waals surface area contributed by atoms with E-state index in [9.17, 15) is 18.7 Å². The molecule has 0 aliphatic carbocycles. The second-order valence-electron chi connectivity index (χ2n) is 5.84. The minimum atomic E-state index is -1.08. The number of benzene rings is 2. The van der Waals surface area contributed by atoms with Gasteiger partial charge >= 0.3 is 0 Å². The molecule has 1 heterocycles. The van der Waals surface area contributed by atoms with Crippen molar-refractivity contribution < 1.29 is 23.4 Å². The largest absolute Gasteiger partial charge is 0.507 e. The molecule has 0 aromatic heterocycles. The molecule has 1 saturated heterocycles. The van der Waals surface area contributed by atoms with Gasteiger partial charge in [-0.1, -0.05) is 30.3 Å². The fourth-order valence-electron chi connectivity index (χ4n) is 2.90. The number of rotatable bonds is 2. The number of phenolic OH excluding ortho intramolecular Hbond substituents is 1. The molecule has 1 amide bonds. The first-order valence-electron chi connectivity index (χ1n) is 7.63. The van der Waals surface area contributed by atoms with Crippen molar-refractivity contribution >= 4 is 5.91 Å². The third-order valence-electron chi connectivity index (χ3n) is 3.97. The Kier molecular flexibility index (Phi) is 4.49. The maximum Gasteiger partial charge on any atom is 0.260 e. The summed E-state index contributed by atoms with van der Waals surface area (Å²) in [6.07, 6.45) is -0.594. The Morgan fingerprint density at radius 3 is 2.58 bits per heavy atom. The van der Waals surface area contributed by atoms with E-state index >= 15 is 0 Å². The quantitative estimate of drug-likeness (QED) is 0.918. The van der Waals surface area contributed by atoms with E-state index in [1.165, 1.54) is 4.90 Å². The summed E-state index contributed by atoms with van der Waals surface area (Å²) in [5.41, 5.74) is 0.392. The second-order valence-corrected chi connectivity index (χ2v) is 5.84. The first-order valence-corrected chi connectivity index (χ1v) is 7.63. The van der Waals surface area contributed by atoms with Gasteiger partial charge in [-0.2, -0.15) is 0 Å². The molecule has 0 saturated carbocycles. The molecule has 2 aromatic rings. The lowest BCUT2D eigenvalue weighted by molar-refractivity contribution is -0.0693. The molecule has 1 aliphatic heterocycles. The highest BCUT2D eigenvalue weighted by molar-refractivity contribution is 5.97. The highest BCUT2D eigenvalue weighted by Gasteiger charge is 2.32. The van der Waals surface area contributed by atoms with Crippen molar-refractivity contribution in [1.29, 1.82) is 0 Å². The molecule has 6 heteroatoms. The Bertz CT molecular complexity index is 728. The molecule has 0 bridgehead atoms. The van der Waals surface area contributed by atoms with Gasteiger partial charge in [-0.25, -0.2) is 8.78 Å². The zero-order chi connectivity index (χ0) is 17.3. The molecule has 1 aliphatic rings. The predicted octanol–water partition coefficient (Wildman–Crippen LogP) is 3.27. The monoisotopic (exact) mass is 333 g/mol. The zero-order valence-electron chi connectivity index (χ0n) is 13.1. The summed E-state index contributed by atoms with van der Waals surface area (Å²) < 4.78 is 32.9. The van der Waals surface area contributed by atoms with Gasteiger partial charge in [0, 0.05) is 18.7 Å². The van der Waals surface area contributed by atoms with Gasteiger partial charge in [-0.3, -0.25) is 4.79 Å². The minimum absolute atomic E-state index is 0.226. The maximum atomic E-state index is 14.0. The molecule has 2 atom stereocenters. The first-order chi connectivity index (χ1) is 11.5. The lowest BCUT2D eigenvalue weighted by Gasteiger charge is -2.37. The smallest absolute Gasteiger partial charge is 0.260 e. The predicted molar refractivity (Wildman–Crippen MR) is 83.7 cm³/mol. The Hall–Kier alpha value is -2.47. The summed E-state index contributed by atoms with van der Waals surface area (Å²) in [7, 11) is 0. The SMILES string of the molecule is CC1CN(C(=O)c2c(O)cc(F)cc2F)CC(c2ccccc2)O1. The molecule has 126 valence electrons. The number of halogens is 2. The molecule has 24 heavy (non-hydrogen) atoms. The van der Waals surface area contributed by atoms with Crippen LogP contribution in [-0.2, 0) is 4.74 Å². The first kappa shape index (κ1) is 16.4. The van der Waals surface area contributed by atoms with Crippen molar-refractivity contribution in [3.05, 3.63) is 65.2 Å². The maximum absolute atomic E-state index is 14.0. The summed E-state index contributed by atoms with van der Waals surface area (Å²) in [5.74, 6) is -3.39. The Morgan fingerprint density at radius 1 is 1.21 bits per heavy atom. The third kappa shape index (κ3) is 3.23. The summed E-state index contributed by atoms with van der Waals surface area (Å²) in [6.45, 7) is 2.30. The van der Waals surface area contributed by atoms with Gasteiger partial charge in [0.25, 0.3) is 5.91 Å². The lowest BCUT2D eigenvalue weighted by atomic mass is 10.0. The minimum Gasteiger partial charge on any atom is -0.507 e. The van der Waals surface area contributed by atoms with Crippen LogP contribution in [0.1, 0.15) is 28.9 Å². The number of hydrogen-bond donors (Lipinski definition) is 1. The summed E-state index contributed by atoms with van der Waals surface area (Å²) >= 11 is 0. The van der Waals surface area contributed by atoms with Crippen LogP contribution in [0, 0.1) is 11.6 Å². The van der Waals surface area contributed by atoms with Crippen molar-refractivity contribution in [2.45, 2.75) is 19.1 Å². The van der Waals surface area contributed by atoms with Crippen LogP contribution in [0.25, 0.3) is 0 Å². The van der Waals surface area contributed by atoms with E-state index in [4.69, 9.17) is 4.74 Å². The number of carbonyl (C=O) groups is 1. The third-order valence-corrected chi connectivity index (χ3v) is 3.97. The van der Waals surface area contributed by atoms with Crippen molar-refractivity contribution in [1.82, 2.24) is 4.90 Å². The average molecular weight is 333 g/mol. The van der Waals surface area contributed by atoms with E-state index in [2.05, 4.69) is 0 Å². The van der Waals surface area contributed by atoms with Gasteiger partial charge in [0.05, 0.1) is 12.6 Å². The van der Waals surface area contributed by atoms with Gasteiger partial charge in [0.1, 0.15) is 29.1 Å². The molecule has 3 rings (SSSR count). The van der Waals surface area contributed by atoms with Crippen LogP contribution in [-0.4, -0.2) is 35.1 Å². The Balaban J connectivity index is 1.87. The second kappa shape index (κ2) is 6.57. The number of amides is 1. The van der Waals surface area contributed by atoms with E-state index in [1.807, 2.05) is 37.3 Å². The summed E-state index contributed by atoms with van der Waals surface area (Å²) in [6, 6.07) is 10.7. The number of nitrogens with zero attached hydrogens (tertiary/aromatic N) is 1. The highest BCUT2D eigenvalue weighted by Crippen LogP contribution is 2.29. The van der Waals surface area contributed by atoms with Crippen molar-refractivity contribution in [3.8, 4) is 5.75 Å². The van der Waals surface area contributed by atoms with Gasteiger partial charge in [0.15, 0.2) is 0 Å². The number of ether oxygens (including phenoxy) is 1. The Morgan fingerprint density at radius 2 is 1.92 bits per heavy atom. The van der Waals surface area contributed by atoms with Crippen LogP contribution in [0.4, 0.5) is 8.78 Å². The van der Waals surface area contributed by atoms with Crippen molar-refractivity contribution in [2.24, 2.45) is 0 Å². The molecule has 2 unspecified atom stereocenters. The number of morpholine rings is 1. The highest BCUT2D eigenvalue weighted by atomic mass is 19.1. The van der Waals surface area contributed by atoms with Gasteiger partial charge in [0.2, 0.25) is 0 Å². The van der Waals surface area contributed by atoms with Crippen LogP contribution in [0.15, 0.2) is 42.5 Å². The molecule has 4 nitrogen and oxygen atoms in total. The van der Waals surface area contributed by atoms with E-state index in [0.29, 0.717) is 6.07 Å². The molecular formula is C18H17F2NO3. The number of hydrogen-bond acceptors (Lipinski definition) is 3. The van der Waals surface area contributed by atoms with Crippen LogP contribution < -0.4 is 0 Å². The van der Waals surface area contributed by atoms with E-state index in [-0.39, 0.29) is 25.3 Å². The fraction of sp³-hybridized carbons (Fsp3) is 0.278. The zero-order valence-corrected chi connectivity index (χ0v) is 13.1. The number of phenols is 1. The molecule has 1 N–H and O–H groups in total.